The molecule has 19 heavy (non-hydrogen) atoms. The van der Waals surface area contributed by atoms with E-state index in [9.17, 15) is 4.79 Å². The Morgan fingerprint density at radius 1 is 1.26 bits per heavy atom. The summed E-state index contributed by atoms with van der Waals surface area (Å²) in [6.07, 6.45) is 1.03. The van der Waals surface area contributed by atoms with Crippen molar-refractivity contribution in [3.63, 3.8) is 0 Å². The van der Waals surface area contributed by atoms with Crippen LogP contribution in [0.1, 0.15) is 30.6 Å². The Labute approximate surface area is 124 Å². The average Bonchev–Trinajstić information content (AvgIpc) is 2.36. The molecule has 4 heteroatoms. The first kappa shape index (κ1) is 16.0. The average molecular weight is 327 g/mol. The van der Waals surface area contributed by atoms with Gasteiger partial charge in [0.2, 0.25) is 0 Å². The number of carbonyl (C=O) groups excluding carboxylic acids is 1. The number of hydrogen-bond acceptors (Lipinski definition) is 2. The van der Waals surface area contributed by atoms with Crippen LogP contribution in [0.25, 0.3) is 0 Å². The van der Waals surface area contributed by atoms with Crippen LogP contribution in [-0.2, 0) is 0 Å². The van der Waals surface area contributed by atoms with Crippen LogP contribution in [0.4, 0.5) is 5.69 Å². The minimum atomic E-state index is -0.00652. The minimum absolute atomic E-state index is 0.00652. The number of hydrogen-bond donors (Lipinski definition) is 1. The van der Waals surface area contributed by atoms with Crippen LogP contribution < -0.4 is 10.2 Å². The SMILES string of the molecule is CN(C)c1ccc(C(=O)NCC(C)(C)CCBr)cc1. The number of nitrogens with one attached hydrogen (secondary N) is 1. The van der Waals surface area contributed by atoms with Crippen molar-refractivity contribution in [1.82, 2.24) is 5.32 Å². The molecule has 1 aromatic carbocycles. The topological polar surface area (TPSA) is 32.3 Å². The summed E-state index contributed by atoms with van der Waals surface area (Å²) in [4.78, 5) is 14.1. The molecule has 1 N–H and O–H groups in total. The van der Waals surface area contributed by atoms with Gasteiger partial charge in [0.15, 0.2) is 0 Å². The number of carbonyl (C=O) groups is 1. The molecule has 0 spiro atoms. The van der Waals surface area contributed by atoms with E-state index in [-0.39, 0.29) is 11.3 Å². The number of amides is 1. The van der Waals surface area contributed by atoms with E-state index >= 15 is 0 Å². The van der Waals surface area contributed by atoms with Gasteiger partial charge in [-0.3, -0.25) is 4.79 Å². The van der Waals surface area contributed by atoms with Crippen LogP contribution in [0.2, 0.25) is 0 Å². The lowest BCUT2D eigenvalue weighted by Crippen LogP contribution is -2.34. The van der Waals surface area contributed by atoms with Crippen molar-refractivity contribution in [2.24, 2.45) is 5.41 Å². The molecule has 0 fully saturated rings. The molecule has 0 heterocycles. The van der Waals surface area contributed by atoms with Gasteiger partial charge in [0.25, 0.3) is 5.91 Å². The highest BCUT2D eigenvalue weighted by atomic mass is 79.9. The Kier molecular flexibility index (Phi) is 5.85. The zero-order valence-corrected chi connectivity index (χ0v) is 13.8. The number of nitrogens with zero attached hydrogens (tertiary/aromatic N) is 1. The zero-order chi connectivity index (χ0) is 14.5. The van der Waals surface area contributed by atoms with E-state index in [4.69, 9.17) is 0 Å². The minimum Gasteiger partial charge on any atom is -0.378 e. The van der Waals surface area contributed by atoms with Gasteiger partial charge in [-0.15, -0.1) is 0 Å². The normalized spacial score (nSPS) is 11.2. The molecule has 0 radical (unpaired) electrons. The lowest BCUT2D eigenvalue weighted by Gasteiger charge is -2.24. The smallest absolute Gasteiger partial charge is 0.251 e. The van der Waals surface area contributed by atoms with E-state index in [1.807, 2.05) is 43.3 Å². The predicted molar refractivity (Wildman–Crippen MR) is 85.3 cm³/mol. The molecule has 0 atom stereocenters. The number of benzene rings is 1. The molecule has 0 aliphatic rings. The second-order valence-electron chi connectivity index (χ2n) is 5.73. The van der Waals surface area contributed by atoms with Crippen molar-refractivity contribution < 1.29 is 4.79 Å². The molecule has 0 saturated carbocycles. The largest absolute Gasteiger partial charge is 0.378 e. The molecular formula is C15H23BrN2O. The molecule has 3 nitrogen and oxygen atoms in total. The van der Waals surface area contributed by atoms with E-state index in [2.05, 4.69) is 35.1 Å². The summed E-state index contributed by atoms with van der Waals surface area (Å²) in [6, 6.07) is 7.64. The number of anilines is 1. The first-order chi connectivity index (χ1) is 8.85. The third-order valence-electron chi connectivity index (χ3n) is 3.14. The summed E-state index contributed by atoms with van der Waals surface area (Å²) < 4.78 is 0. The van der Waals surface area contributed by atoms with Gasteiger partial charge in [-0.1, -0.05) is 29.8 Å². The highest BCUT2D eigenvalue weighted by Gasteiger charge is 2.18. The highest BCUT2D eigenvalue weighted by molar-refractivity contribution is 9.09. The summed E-state index contributed by atoms with van der Waals surface area (Å²) in [5.74, 6) is -0.00652. The molecule has 0 aliphatic carbocycles. The van der Waals surface area contributed by atoms with Gasteiger partial charge >= 0.3 is 0 Å². The number of rotatable bonds is 6. The van der Waals surface area contributed by atoms with Crippen LogP contribution in [0.3, 0.4) is 0 Å². The molecule has 0 aliphatic heterocycles. The number of alkyl halides is 1. The van der Waals surface area contributed by atoms with Gasteiger partial charge in [-0.25, -0.2) is 0 Å². The second-order valence-corrected chi connectivity index (χ2v) is 6.52. The standard InChI is InChI=1S/C15H23BrN2O/c1-15(2,9-10-16)11-17-14(19)12-5-7-13(8-6-12)18(3)4/h5-8H,9-11H2,1-4H3,(H,17,19). The van der Waals surface area contributed by atoms with E-state index in [0.717, 1.165) is 17.4 Å². The summed E-state index contributed by atoms with van der Waals surface area (Å²) in [7, 11) is 3.97. The van der Waals surface area contributed by atoms with Crippen molar-refractivity contribution in [3.8, 4) is 0 Å². The summed E-state index contributed by atoms with van der Waals surface area (Å²) in [5, 5.41) is 3.95. The molecule has 0 unspecified atom stereocenters. The van der Waals surface area contributed by atoms with Gasteiger partial charge < -0.3 is 10.2 Å². The zero-order valence-electron chi connectivity index (χ0n) is 12.2. The van der Waals surface area contributed by atoms with Crippen molar-refractivity contribution in [2.75, 3.05) is 30.9 Å². The fourth-order valence-electron chi connectivity index (χ4n) is 1.68. The van der Waals surface area contributed by atoms with E-state index in [1.165, 1.54) is 0 Å². The molecule has 0 saturated heterocycles. The van der Waals surface area contributed by atoms with Crippen LogP contribution >= 0.6 is 15.9 Å². The van der Waals surface area contributed by atoms with E-state index in [1.54, 1.807) is 0 Å². The van der Waals surface area contributed by atoms with Crippen molar-refractivity contribution in [3.05, 3.63) is 29.8 Å². The Morgan fingerprint density at radius 2 is 1.84 bits per heavy atom. The van der Waals surface area contributed by atoms with Gasteiger partial charge in [0.1, 0.15) is 0 Å². The summed E-state index contributed by atoms with van der Waals surface area (Å²) in [6.45, 7) is 5.00. The van der Waals surface area contributed by atoms with Crippen LogP contribution in [-0.4, -0.2) is 31.9 Å². The molecule has 1 aromatic rings. The van der Waals surface area contributed by atoms with Crippen LogP contribution in [0, 0.1) is 5.41 Å². The Balaban J connectivity index is 2.59. The van der Waals surface area contributed by atoms with E-state index in [0.29, 0.717) is 12.1 Å². The predicted octanol–water partition coefficient (Wildman–Crippen LogP) is 3.29. The van der Waals surface area contributed by atoms with Gasteiger partial charge in [-0.05, 0) is 36.1 Å². The molecule has 0 bridgehead atoms. The van der Waals surface area contributed by atoms with Crippen molar-refractivity contribution in [1.29, 1.82) is 0 Å². The van der Waals surface area contributed by atoms with Gasteiger partial charge in [-0.2, -0.15) is 0 Å². The maximum atomic E-state index is 12.0. The highest BCUT2D eigenvalue weighted by Crippen LogP contribution is 2.20. The lowest BCUT2D eigenvalue weighted by molar-refractivity contribution is 0.0936. The number of halogens is 1. The van der Waals surface area contributed by atoms with Crippen molar-refractivity contribution >= 4 is 27.5 Å². The molecule has 1 rings (SSSR count). The van der Waals surface area contributed by atoms with Crippen molar-refractivity contribution in [2.45, 2.75) is 20.3 Å². The van der Waals surface area contributed by atoms with E-state index < -0.39 is 0 Å². The van der Waals surface area contributed by atoms with Crippen LogP contribution in [0.5, 0.6) is 0 Å². The fourth-order valence-corrected chi connectivity index (χ4v) is 2.75. The summed E-state index contributed by atoms with van der Waals surface area (Å²) >= 11 is 3.44. The third-order valence-corrected chi connectivity index (χ3v) is 3.54. The van der Waals surface area contributed by atoms with Crippen LogP contribution in [0.15, 0.2) is 24.3 Å². The fraction of sp³-hybridized carbons (Fsp3) is 0.533. The van der Waals surface area contributed by atoms with Gasteiger partial charge in [0, 0.05) is 37.2 Å². The maximum Gasteiger partial charge on any atom is 0.251 e. The Bertz CT molecular complexity index is 413. The molecular weight excluding hydrogens is 304 g/mol. The Hall–Kier alpha value is -1.03. The molecule has 0 aromatic heterocycles. The second kappa shape index (κ2) is 6.94. The molecule has 106 valence electrons. The first-order valence-corrected chi connectivity index (χ1v) is 7.59. The quantitative estimate of drug-likeness (QED) is 0.813. The first-order valence-electron chi connectivity index (χ1n) is 6.47. The summed E-state index contributed by atoms with van der Waals surface area (Å²) in [5.41, 5.74) is 1.92. The third kappa shape index (κ3) is 5.23. The monoisotopic (exact) mass is 326 g/mol. The maximum absolute atomic E-state index is 12.0. The lowest BCUT2D eigenvalue weighted by atomic mass is 9.90. The van der Waals surface area contributed by atoms with Gasteiger partial charge in [0.05, 0.1) is 0 Å². The molecule has 1 amide bonds. The Morgan fingerprint density at radius 3 is 2.32 bits per heavy atom.